The third kappa shape index (κ3) is 4.31. The number of hydrogen-bond acceptors (Lipinski definition) is 3. The fourth-order valence-corrected chi connectivity index (χ4v) is 1.89. The minimum atomic E-state index is 0.719. The molecule has 1 aromatic rings. The van der Waals surface area contributed by atoms with Crippen LogP contribution in [-0.4, -0.2) is 24.6 Å². The number of halogens is 1. The molecule has 100 valence electrons. The van der Waals surface area contributed by atoms with Gasteiger partial charge < -0.3 is 10.2 Å². The van der Waals surface area contributed by atoms with E-state index in [1.807, 2.05) is 6.08 Å². The third-order valence-electron chi connectivity index (χ3n) is 2.72. The summed E-state index contributed by atoms with van der Waals surface area (Å²) in [5, 5.41) is 4.08. The number of pyridine rings is 1. The molecular weight excluding hydrogens is 246 g/mol. The normalized spacial score (nSPS) is 10.4. The predicted molar refractivity (Wildman–Crippen MR) is 79.3 cm³/mol. The van der Waals surface area contributed by atoms with Gasteiger partial charge in [-0.05, 0) is 31.5 Å². The van der Waals surface area contributed by atoms with Crippen LogP contribution in [0.2, 0.25) is 5.02 Å². The van der Waals surface area contributed by atoms with Crippen LogP contribution in [0, 0.1) is 0 Å². The molecule has 1 heterocycles. The summed E-state index contributed by atoms with van der Waals surface area (Å²) in [6.45, 7) is 11.5. The Morgan fingerprint density at radius 3 is 2.89 bits per heavy atom. The largest absolute Gasteiger partial charge is 0.353 e. The van der Waals surface area contributed by atoms with Crippen LogP contribution in [0.4, 0.5) is 5.82 Å². The zero-order chi connectivity index (χ0) is 13.4. The van der Waals surface area contributed by atoms with Crippen LogP contribution in [0.15, 0.2) is 24.9 Å². The Morgan fingerprint density at radius 2 is 2.28 bits per heavy atom. The molecule has 0 radical (unpaired) electrons. The van der Waals surface area contributed by atoms with Crippen LogP contribution in [0.1, 0.15) is 25.8 Å². The van der Waals surface area contributed by atoms with Gasteiger partial charge in [-0.3, -0.25) is 0 Å². The van der Waals surface area contributed by atoms with E-state index >= 15 is 0 Å². The molecule has 0 atom stereocenters. The van der Waals surface area contributed by atoms with Gasteiger partial charge in [0, 0.05) is 25.8 Å². The highest BCUT2D eigenvalue weighted by molar-refractivity contribution is 6.31. The third-order valence-corrected chi connectivity index (χ3v) is 3.06. The maximum atomic E-state index is 6.16. The molecule has 0 aliphatic carbocycles. The average molecular weight is 268 g/mol. The highest BCUT2D eigenvalue weighted by Gasteiger charge is 2.07. The molecule has 0 fully saturated rings. The van der Waals surface area contributed by atoms with E-state index in [1.165, 1.54) is 0 Å². The summed E-state index contributed by atoms with van der Waals surface area (Å²) in [4.78, 5) is 6.53. The van der Waals surface area contributed by atoms with Crippen LogP contribution < -0.4 is 10.2 Å². The molecule has 0 bridgehead atoms. The van der Waals surface area contributed by atoms with Crippen LogP contribution in [-0.2, 0) is 6.54 Å². The fraction of sp³-hybridized carbons (Fsp3) is 0.500. The molecule has 3 nitrogen and oxygen atoms in total. The number of anilines is 1. The first-order valence-electron chi connectivity index (χ1n) is 6.43. The Morgan fingerprint density at radius 1 is 1.50 bits per heavy atom. The molecule has 1 aromatic heterocycles. The number of aromatic nitrogens is 1. The van der Waals surface area contributed by atoms with E-state index in [0.717, 1.165) is 49.0 Å². The fourth-order valence-electron chi connectivity index (χ4n) is 1.72. The zero-order valence-electron chi connectivity index (χ0n) is 11.2. The van der Waals surface area contributed by atoms with Crippen molar-refractivity contribution in [3.05, 3.63) is 35.5 Å². The van der Waals surface area contributed by atoms with Crippen molar-refractivity contribution in [2.24, 2.45) is 0 Å². The zero-order valence-corrected chi connectivity index (χ0v) is 12.0. The first-order chi connectivity index (χ1) is 8.72. The Labute approximate surface area is 115 Å². The van der Waals surface area contributed by atoms with Gasteiger partial charge in [-0.1, -0.05) is 24.6 Å². The van der Waals surface area contributed by atoms with Crippen molar-refractivity contribution in [2.75, 3.05) is 24.5 Å². The van der Waals surface area contributed by atoms with Crippen molar-refractivity contribution in [1.82, 2.24) is 10.3 Å². The van der Waals surface area contributed by atoms with Crippen molar-refractivity contribution in [3.8, 4) is 0 Å². The van der Waals surface area contributed by atoms with Crippen molar-refractivity contribution >= 4 is 17.4 Å². The smallest absolute Gasteiger partial charge is 0.129 e. The predicted octanol–water partition coefficient (Wildman–Crippen LogP) is 3.25. The van der Waals surface area contributed by atoms with Gasteiger partial charge in [0.15, 0.2) is 0 Å². The molecule has 0 unspecified atom stereocenters. The maximum absolute atomic E-state index is 6.16. The number of rotatable bonds is 8. The SMILES string of the molecule is C=CCN(CC)c1cc(CNCCC)c(Cl)cn1. The molecule has 1 N–H and O–H groups in total. The molecule has 18 heavy (non-hydrogen) atoms. The van der Waals surface area contributed by atoms with Gasteiger partial charge in [0.25, 0.3) is 0 Å². The van der Waals surface area contributed by atoms with E-state index < -0.39 is 0 Å². The van der Waals surface area contributed by atoms with E-state index in [4.69, 9.17) is 11.6 Å². The maximum Gasteiger partial charge on any atom is 0.129 e. The van der Waals surface area contributed by atoms with Crippen molar-refractivity contribution in [3.63, 3.8) is 0 Å². The highest BCUT2D eigenvalue weighted by atomic mass is 35.5. The number of nitrogens with one attached hydrogen (secondary N) is 1. The Hall–Kier alpha value is -1.06. The van der Waals surface area contributed by atoms with Crippen molar-refractivity contribution < 1.29 is 0 Å². The van der Waals surface area contributed by atoms with E-state index in [0.29, 0.717) is 0 Å². The summed E-state index contributed by atoms with van der Waals surface area (Å²) in [6, 6.07) is 2.05. The van der Waals surface area contributed by atoms with E-state index in [9.17, 15) is 0 Å². The summed E-state index contributed by atoms with van der Waals surface area (Å²) in [5.74, 6) is 0.954. The van der Waals surface area contributed by atoms with Gasteiger partial charge in [0.05, 0.1) is 5.02 Å². The summed E-state index contributed by atoms with van der Waals surface area (Å²) in [6.07, 6.45) is 4.73. The molecule has 1 rings (SSSR count). The van der Waals surface area contributed by atoms with Gasteiger partial charge in [0.1, 0.15) is 5.82 Å². The molecule has 0 aliphatic rings. The molecule has 0 aliphatic heterocycles. The lowest BCUT2D eigenvalue weighted by molar-refractivity contribution is 0.674. The lowest BCUT2D eigenvalue weighted by Gasteiger charge is -2.21. The standard InChI is InChI=1S/C14H22ClN3/c1-4-7-16-10-12-9-14(17-11-13(12)15)18(6-3)8-5-2/h5,9,11,16H,2,4,6-8,10H2,1,3H3. The van der Waals surface area contributed by atoms with Crippen LogP contribution in [0.5, 0.6) is 0 Å². The van der Waals surface area contributed by atoms with Gasteiger partial charge in [-0.15, -0.1) is 6.58 Å². The quantitative estimate of drug-likeness (QED) is 0.579. The molecule has 0 saturated heterocycles. The molecule has 0 saturated carbocycles. The molecule has 0 aromatic carbocycles. The first-order valence-corrected chi connectivity index (χ1v) is 6.81. The summed E-state index contributed by atoms with van der Waals surface area (Å²) < 4.78 is 0. The topological polar surface area (TPSA) is 28.2 Å². The van der Waals surface area contributed by atoms with Crippen molar-refractivity contribution in [1.29, 1.82) is 0 Å². The van der Waals surface area contributed by atoms with Crippen molar-refractivity contribution in [2.45, 2.75) is 26.8 Å². The average Bonchev–Trinajstić information content (AvgIpc) is 2.38. The number of nitrogens with zero attached hydrogens (tertiary/aromatic N) is 2. The lowest BCUT2D eigenvalue weighted by atomic mass is 10.2. The molecule has 0 amide bonds. The number of hydrogen-bond donors (Lipinski definition) is 1. The molecule has 0 spiro atoms. The van der Waals surface area contributed by atoms with E-state index in [-0.39, 0.29) is 0 Å². The van der Waals surface area contributed by atoms with Gasteiger partial charge in [0.2, 0.25) is 0 Å². The molecule has 4 heteroatoms. The summed E-state index contributed by atoms with van der Waals surface area (Å²) in [5.41, 5.74) is 1.10. The minimum Gasteiger partial charge on any atom is -0.353 e. The second-order valence-electron chi connectivity index (χ2n) is 4.14. The second-order valence-corrected chi connectivity index (χ2v) is 4.55. The monoisotopic (exact) mass is 267 g/mol. The first kappa shape index (κ1) is 15.0. The Bertz CT molecular complexity index is 379. The number of likely N-dealkylation sites (N-methyl/N-ethyl adjacent to an activating group) is 1. The highest BCUT2D eigenvalue weighted by Crippen LogP contribution is 2.20. The lowest BCUT2D eigenvalue weighted by Crippen LogP contribution is -2.24. The Balaban J connectivity index is 2.81. The van der Waals surface area contributed by atoms with Crippen LogP contribution >= 0.6 is 11.6 Å². The van der Waals surface area contributed by atoms with Gasteiger partial charge in [-0.25, -0.2) is 4.98 Å². The van der Waals surface area contributed by atoms with Crippen LogP contribution in [0.3, 0.4) is 0 Å². The van der Waals surface area contributed by atoms with E-state index in [1.54, 1.807) is 6.20 Å². The van der Waals surface area contributed by atoms with Gasteiger partial charge >= 0.3 is 0 Å². The Kier molecular flexibility index (Phi) is 6.76. The summed E-state index contributed by atoms with van der Waals surface area (Å²) in [7, 11) is 0. The minimum absolute atomic E-state index is 0.719. The van der Waals surface area contributed by atoms with E-state index in [2.05, 4.69) is 41.7 Å². The van der Waals surface area contributed by atoms with Crippen LogP contribution in [0.25, 0.3) is 0 Å². The van der Waals surface area contributed by atoms with Gasteiger partial charge in [-0.2, -0.15) is 0 Å². The second kappa shape index (κ2) is 8.11. The summed E-state index contributed by atoms with van der Waals surface area (Å²) >= 11 is 6.16. The molecular formula is C14H22ClN3.